The Kier molecular flexibility index (Phi) is 5.75. The molecule has 0 saturated heterocycles. The highest BCUT2D eigenvalue weighted by molar-refractivity contribution is 5.77. The highest BCUT2D eigenvalue weighted by Gasteiger charge is 2.59. The van der Waals surface area contributed by atoms with Crippen LogP contribution in [0.3, 0.4) is 0 Å². The fourth-order valence-electron chi connectivity index (χ4n) is 2.77. The predicted molar refractivity (Wildman–Crippen MR) is 90.0 cm³/mol. The molecule has 5 nitrogen and oxygen atoms in total. The van der Waals surface area contributed by atoms with Gasteiger partial charge in [-0.05, 0) is 25.0 Å². The number of amides is 1. The van der Waals surface area contributed by atoms with E-state index in [2.05, 4.69) is 4.98 Å². The predicted octanol–water partition coefficient (Wildman–Crippen LogP) is 2.92. The maximum Gasteiger partial charge on any atom is 0.425 e. The fraction of sp³-hybridized carbons (Fsp3) is 0.444. The van der Waals surface area contributed by atoms with Gasteiger partial charge in [-0.15, -0.1) is 0 Å². The molecule has 1 atom stereocenters. The van der Waals surface area contributed by atoms with Crippen LogP contribution in [0, 0.1) is 6.92 Å². The Morgan fingerprint density at radius 3 is 2.46 bits per heavy atom. The Morgan fingerprint density at radius 2 is 1.96 bits per heavy atom. The van der Waals surface area contributed by atoms with Crippen molar-refractivity contribution in [2.45, 2.75) is 38.6 Å². The van der Waals surface area contributed by atoms with Crippen molar-refractivity contribution in [3.8, 4) is 0 Å². The van der Waals surface area contributed by atoms with E-state index in [1.165, 1.54) is 18.1 Å². The van der Waals surface area contributed by atoms with E-state index in [4.69, 9.17) is 0 Å². The molecule has 1 heterocycles. The molecule has 0 aliphatic rings. The maximum absolute atomic E-state index is 13.6. The Labute approximate surface area is 150 Å². The van der Waals surface area contributed by atoms with Crippen LogP contribution < -0.4 is 0 Å². The van der Waals surface area contributed by atoms with Crippen molar-refractivity contribution in [3.05, 3.63) is 53.6 Å². The molecule has 1 N–H and O–H groups in total. The Balaban J connectivity index is 2.28. The number of aromatic nitrogens is 2. The van der Waals surface area contributed by atoms with Gasteiger partial charge in [0.15, 0.2) is 5.82 Å². The summed E-state index contributed by atoms with van der Waals surface area (Å²) in [5, 5.41) is 10.4. The second kappa shape index (κ2) is 7.49. The number of aryl methyl sites for hydroxylation is 2. The minimum Gasteiger partial charge on any atom is -0.374 e. The number of hydrogen-bond donors (Lipinski definition) is 1. The molecule has 2 aromatic rings. The zero-order valence-corrected chi connectivity index (χ0v) is 14.9. The quantitative estimate of drug-likeness (QED) is 0.852. The van der Waals surface area contributed by atoms with Crippen molar-refractivity contribution < 1.29 is 23.1 Å². The van der Waals surface area contributed by atoms with Gasteiger partial charge in [-0.1, -0.05) is 24.3 Å². The largest absolute Gasteiger partial charge is 0.425 e. The summed E-state index contributed by atoms with van der Waals surface area (Å²) in [6.07, 6.45) is -3.71. The van der Waals surface area contributed by atoms with Gasteiger partial charge in [-0.25, -0.2) is 4.98 Å². The number of aliphatic hydroxyl groups is 1. The van der Waals surface area contributed by atoms with E-state index in [0.717, 1.165) is 21.9 Å². The zero-order chi connectivity index (χ0) is 19.5. The molecule has 1 unspecified atom stereocenters. The van der Waals surface area contributed by atoms with Gasteiger partial charge in [-0.2, -0.15) is 13.2 Å². The molecule has 0 aliphatic heterocycles. The summed E-state index contributed by atoms with van der Waals surface area (Å²) < 4.78 is 41.8. The molecular formula is C18H22F3N3O2. The lowest BCUT2D eigenvalue weighted by atomic mass is 9.96. The zero-order valence-electron chi connectivity index (χ0n) is 14.9. The number of hydrogen-bond acceptors (Lipinski definition) is 3. The number of alkyl halides is 3. The molecule has 0 radical (unpaired) electrons. The number of nitrogens with zero attached hydrogens (tertiary/aromatic N) is 3. The van der Waals surface area contributed by atoms with Crippen LogP contribution in [0.1, 0.15) is 30.3 Å². The molecule has 1 aromatic carbocycles. The van der Waals surface area contributed by atoms with Crippen molar-refractivity contribution in [2.75, 3.05) is 6.54 Å². The molecule has 0 aliphatic carbocycles. The normalized spacial score (nSPS) is 14.1. The Hall–Kier alpha value is -2.35. The molecule has 0 saturated carbocycles. The molecule has 8 heteroatoms. The van der Waals surface area contributed by atoms with E-state index < -0.39 is 29.9 Å². The Bertz CT molecular complexity index is 773. The standard InChI is InChI=1S/C18H22F3N3O2/c1-4-24(12-14-8-6-5-7-13(14)2)15(25)11-17(26,18(19,20)21)16-22-9-10-23(16)3/h5-10,26H,4,11-12H2,1-3H3. The lowest BCUT2D eigenvalue weighted by Gasteiger charge is -2.32. The summed E-state index contributed by atoms with van der Waals surface area (Å²) in [6.45, 7) is 3.95. The maximum atomic E-state index is 13.6. The molecule has 2 rings (SSSR count). The van der Waals surface area contributed by atoms with E-state index in [1.807, 2.05) is 25.1 Å². The number of benzene rings is 1. The van der Waals surface area contributed by atoms with Crippen LogP contribution in [0.5, 0.6) is 0 Å². The van der Waals surface area contributed by atoms with Crippen LogP contribution in [0.25, 0.3) is 0 Å². The molecular weight excluding hydrogens is 347 g/mol. The number of rotatable bonds is 6. The first kappa shape index (κ1) is 20.0. The SMILES string of the molecule is CCN(Cc1ccccc1C)C(=O)CC(O)(c1nccn1C)C(F)(F)F. The lowest BCUT2D eigenvalue weighted by Crippen LogP contribution is -2.48. The second-order valence-electron chi connectivity index (χ2n) is 6.23. The third-order valence-electron chi connectivity index (χ3n) is 4.42. The van der Waals surface area contributed by atoms with Crippen LogP contribution in [0.2, 0.25) is 0 Å². The molecule has 1 amide bonds. The average Bonchev–Trinajstić information content (AvgIpc) is 2.99. The van der Waals surface area contributed by atoms with Gasteiger partial charge in [-0.3, -0.25) is 4.79 Å². The average molecular weight is 369 g/mol. The third-order valence-corrected chi connectivity index (χ3v) is 4.42. The molecule has 0 fully saturated rings. The minimum atomic E-state index is -5.04. The van der Waals surface area contributed by atoms with Crippen molar-refractivity contribution in [1.82, 2.24) is 14.5 Å². The number of carbonyl (C=O) groups is 1. The molecule has 0 spiro atoms. The Morgan fingerprint density at radius 1 is 1.31 bits per heavy atom. The molecule has 26 heavy (non-hydrogen) atoms. The monoisotopic (exact) mass is 369 g/mol. The van der Waals surface area contributed by atoms with Crippen LogP contribution >= 0.6 is 0 Å². The van der Waals surface area contributed by atoms with Crippen LogP contribution in [0.4, 0.5) is 13.2 Å². The van der Waals surface area contributed by atoms with Gasteiger partial charge < -0.3 is 14.6 Å². The molecule has 1 aromatic heterocycles. The minimum absolute atomic E-state index is 0.177. The molecule has 142 valence electrons. The molecule has 0 bridgehead atoms. The van der Waals surface area contributed by atoms with E-state index in [0.29, 0.717) is 0 Å². The summed E-state index contributed by atoms with van der Waals surface area (Å²) in [5.74, 6) is -1.40. The summed E-state index contributed by atoms with van der Waals surface area (Å²) in [6, 6.07) is 7.34. The van der Waals surface area contributed by atoms with E-state index in [1.54, 1.807) is 13.0 Å². The van der Waals surface area contributed by atoms with Crippen molar-refractivity contribution in [3.63, 3.8) is 0 Å². The lowest BCUT2D eigenvalue weighted by molar-refractivity contribution is -0.272. The van der Waals surface area contributed by atoms with Gasteiger partial charge >= 0.3 is 6.18 Å². The third kappa shape index (κ3) is 3.90. The van der Waals surface area contributed by atoms with Crippen molar-refractivity contribution >= 4 is 5.91 Å². The van der Waals surface area contributed by atoms with Gasteiger partial charge in [0.25, 0.3) is 0 Å². The number of imidazole rings is 1. The number of carbonyl (C=O) groups excluding carboxylic acids is 1. The summed E-state index contributed by atoms with van der Waals surface area (Å²) in [5.41, 5.74) is -1.56. The summed E-state index contributed by atoms with van der Waals surface area (Å²) >= 11 is 0. The van der Waals surface area contributed by atoms with Gasteiger partial charge in [0.2, 0.25) is 11.5 Å². The van der Waals surface area contributed by atoms with Crippen molar-refractivity contribution in [1.29, 1.82) is 0 Å². The second-order valence-corrected chi connectivity index (χ2v) is 6.23. The summed E-state index contributed by atoms with van der Waals surface area (Å²) in [4.78, 5) is 17.5. The number of halogens is 3. The van der Waals surface area contributed by atoms with E-state index >= 15 is 0 Å². The van der Waals surface area contributed by atoms with Crippen molar-refractivity contribution in [2.24, 2.45) is 7.05 Å². The first-order valence-electron chi connectivity index (χ1n) is 8.19. The van der Waals surface area contributed by atoms with E-state index in [-0.39, 0.29) is 13.1 Å². The van der Waals surface area contributed by atoms with Crippen LogP contribution in [0.15, 0.2) is 36.7 Å². The van der Waals surface area contributed by atoms with Gasteiger partial charge in [0.05, 0.1) is 6.42 Å². The smallest absolute Gasteiger partial charge is 0.374 e. The first-order chi connectivity index (χ1) is 12.1. The van der Waals surface area contributed by atoms with Gasteiger partial charge in [0, 0.05) is 32.5 Å². The summed E-state index contributed by atoms with van der Waals surface area (Å²) in [7, 11) is 1.34. The van der Waals surface area contributed by atoms with Crippen LogP contribution in [-0.4, -0.2) is 38.2 Å². The van der Waals surface area contributed by atoms with E-state index in [9.17, 15) is 23.1 Å². The topological polar surface area (TPSA) is 58.4 Å². The van der Waals surface area contributed by atoms with Crippen LogP contribution in [-0.2, 0) is 24.0 Å². The highest BCUT2D eigenvalue weighted by atomic mass is 19.4. The highest BCUT2D eigenvalue weighted by Crippen LogP contribution is 2.41. The van der Waals surface area contributed by atoms with Gasteiger partial charge in [0.1, 0.15) is 0 Å². The first-order valence-corrected chi connectivity index (χ1v) is 8.19. The fourth-order valence-corrected chi connectivity index (χ4v) is 2.77.